The molecule has 0 bridgehead atoms. The third-order valence-electron chi connectivity index (χ3n) is 2.40. The molecule has 1 aromatic heterocycles. The summed E-state index contributed by atoms with van der Waals surface area (Å²) in [6, 6.07) is 6.86. The van der Waals surface area contributed by atoms with Crippen molar-refractivity contribution in [1.82, 2.24) is 4.98 Å². The van der Waals surface area contributed by atoms with Gasteiger partial charge in [-0.3, -0.25) is 10.1 Å². The first-order chi connectivity index (χ1) is 8.06. The number of nitrogens with two attached hydrogens (primary N) is 1. The highest BCUT2D eigenvalue weighted by molar-refractivity contribution is 7.15. The second kappa shape index (κ2) is 4.55. The van der Waals surface area contributed by atoms with E-state index < -0.39 is 0 Å². The number of thiazole rings is 1. The smallest absolute Gasteiger partial charge is 0.257 e. The first-order valence-electron chi connectivity index (χ1n) is 5.17. The van der Waals surface area contributed by atoms with Gasteiger partial charge in [-0.25, -0.2) is 4.98 Å². The van der Waals surface area contributed by atoms with Crippen molar-refractivity contribution >= 4 is 28.1 Å². The standard InChI is InChI=1S/C12H13N3OS/c1-7-8(2)17-12(14-7)15-11(16)9-4-3-5-10(13)6-9/h3-6H,13H2,1-2H3,(H,14,15,16). The fourth-order valence-corrected chi connectivity index (χ4v) is 2.19. The van der Waals surface area contributed by atoms with E-state index >= 15 is 0 Å². The van der Waals surface area contributed by atoms with Gasteiger partial charge in [-0.05, 0) is 32.0 Å². The Hall–Kier alpha value is -1.88. The lowest BCUT2D eigenvalue weighted by atomic mass is 10.2. The summed E-state index contributed by atoms with van der Waals surface area (Å²) >= 11 is 1.47. The van der Waals surface area contributed by atoms with Crippen molar-refractivity contribution in [2.24, 2.45) is 0 Å². The average Bonchev–Trinajstić information content (AvgIpc) is 2.58. The Bertz CT molecular complexity index is 543. The largest absolute Gasteiger partial charge is 0.399 e. The maximum Gasteiger partial charge on any atom is 0.257 e. The predicted molar refractivity (Wildman–Crippen MR) is 70.4 cm³/mol. The fourth-order valence-electron chi connectivity index (χ4n) is 1.38. The van der Waals surface area contributed by atoms with Crippen LogP contribution in [-0.2, 0) is 0 Å². The maximum atomic E-state index is 11.9. The van der Waals surface area contributed by atoms with Crippen molar-refractivity contribution in [1.29, 1.82) is 0 Å². The number of benzene rings is 1. The number of carbonyl (C=O) groups excluding carboxylic acids is 1. The zero-order valence-corrected chi connectivity index (χ0v) is 10.5. The van der Waals surface area contributed by atoms with Crippen LogP contribution in [0.1, 0.15) is 20.9 Å². The van der Waals surface area contributed by atoms with E-state index in [4.69, 9.17) is 5.73 Å². The molecule has 2 aromatic rings. The van der Waals surface area contributed by atoms with Gasteiger partial charge in [-0.15, -0.1) is 11.3 Å². The Morgan fingerprint density at radius 2 is 2.18 bits per heavy atom. The van der Waals surface area contributed by atoms with Crippen LogP contribution in [0.4, 0.5) is 10.8 Å². The third kappa shape index (κ3) is 2.62. The molecule has 5 heteroatoms. The summed E-state index contributed by atoms with van der Waals surface area (Å²) in [7, 11) is 0. The lowest BCUT2D eigenvalue weighted by Gasteiger charge is -2.02. The number of nitrogen functional groups attached to an aromatic ring is 1. The number of hydrogen-bond donors (Lipinski definition) is 2. The highest BCUT2D eigenvalue weighted by Crippen LogP contribution is 2.21. The number of aryl methyl sites for hydroxylation is 2. The lowest BCUT2D eigenvalue weighted by Crippen LogP contribution is -2.11. The minimum absolute atomic E-state index is 0.189. The van der Waals surface area contributed by atoms with E-state index in [1.807, 2.05) is 13.8 Å². The molecule has 1 heterocycles. The maximum absolute atomic E-state index is 11.9. The normalized spacial score (nSPS) is 10.2. The van der Waals surface area contributed by atoms with Gasteiger partial charge >= 0.3 is 0 Å². The Balaban J connectivity index is 2.17. The molecule has 0 saturated carbocycles. The first-order valence-corrected chi connectivity index (χ1v) is 5.99. The Morgan fingerprint density at radius 1 is 1.41 bits per heavy atom. The highest BCUT2D eigenvalue weighted by atomic mass is 32.1. The zero-order chi connectivity index (χ0) is 12.4. The van der Waals surface area contributed by atoms with Crippen LogP contribution in [0.2, 0.25) is 0 Å². The fraction of sp³-hybridized carbons (Fsp3) is 0.167. The number of amides is 1. The molecule has 17 heavy (non-hydrogen) atoms. The van der Waals surface area contributed by atoms with Crippen LogP contribution >= 0.6 is 11.3 Å². The molecule has 0 radical (unpaired) electrons. The molecule has 0 spiro atoms. The van der Waals surface area contributed by atoms with Gasteiger partial charge in [0.25, 0.3) is 5.91 Å². The molecular formula is C12H13N3OS. The van der Waals surface area contributed by atoms with Gasteiger partial charge in [-0.2, -0.15) is 0 Å². The first kappa shape index (κ1) is 11.6. The Morgan fingerprint density at radius 3 is 2.76 bits per heavy atom. The number of nitrogens with zero attached hydrogens (tertiary/aromatic N) is 1. The number of nitrogens with one attached hydrogen (secondary N) is 1. The molecular weight excluding hydrogens is 234 g/mol. The van der Waals surface area contributed by atoms with E-state index in [9.17, 15) is 4.79 Å². The quantitative estimate of drug-likeness (QED) is 0.801. The molecule has 3 N–H and O–H groups in total. The number of carbonyl (C=O) groups is 1. The summed E-state index contributed by atoms with van der Waals surface area (Å²) < 4.78 is 0. The topological polar surface area (TPSA) is 68.0 Å². The molecule has 4 nitrogen and oxygen atoms in total. The van der Waals surface area contributed by atoms with Gasteiger partial charge in [0.2, 0.25) is 0 Å². The van der Waals surface area contributed by atoms with Crippen LogP contribution in [0.5, 0.6) is 0 Å². The number of anilines is 2. The van der Waals surface area contributed by atoms with E-state index in [1.165, 1.54) is 11.3 Å². The van der Waals surface area contributed by atoms with Gasteiger partial charge in [0.05, 0.1) is 5.69 Å². The van der Waals surface area contributed by atoms with Crippen molar-refractivity contribution in [2.45, 2.75) is 13.8 Å². The zero-order valence-electron chi connectivity index (χ0n) is 9.65. The Labute approximate surface area is 103 Å². The van der Waals surface area contributed by atoms with Crippen molar-refractivity contribution in [2.75, 3.05) is 11.1 Å². The van der Waals surface area contributed by atoms with E-state index in [-0.39, 0.29) is 5.91 Å². The molecule has 0 atom stereocenters. The summed E-state index contributed by atoms with van der Waals surface area (Å²) in [5.74, 6) is -0.189. The molecule has 0 aliphatic rings. The number of aromatic nitrogens is 1. The van der Waals surface area contributed by atoms with Gasteiger partial charge < -0.3 is 5.73 Å². The Kier molecular flexibility index (Phi) is 3.10. The molecule has 0 saturated heterocycles. The van der Waals surface area contributed by atoms with Crippen LogP contribution in [0, 0.1) is 13.8 Å². The van der Waals surface area contributed by atoms with E-state index in [1.54, 1.807) is 24.3 Å². The van der Waals surface area contributed by atoms with Gasteiger partial charge in [0, 0.05) is 16.1 Å². The molecule has 0 aliphatic carbocycles. The monoisotopic (exact) mass is 247 g/mol. The number of rotatable bonds is 2. The molecule has 1 aromatic carbocycles. The van der Waals surface area contributed by atoms with Crippen molar-refractivity contribution < 1.29 is 4.79 Å². The second-order valence-corrected chi connectivity index (χ2v) is 4.94. The highest BCUT2D eigenvalue weighted by Gasteiger charge is 2.09. The van der Waals surface area contributed by atoms with Crippen molar-refractivity contribution in [3.63, 3.8) is 0 Å². The van der Waals surface area contributed by atoms with Crippen LogP contribution in [-0.4, -0.2) is 10.9 Å². The average molecular weight is 247 g/mol. The van der Waals surface area contributed by atoms with E-state index in [0.717, 1.165) is 10.6 Å². The second-order valence-electron chi connectivity index (χ2n) is 3.74. The van der Waals surface area contributed by atoms with Gasteiger partial charge in [-0.1, -0.05) is 6.07 Å². The summed E-state index contributed by atoms with van der Waals surface area (Å²) in [6.07, 6.45) is 0. The molecule has 2 rings (SSSR count). The third-order valence-corrected chi connectivity index (χ3v) is 3.39. The molecule has 1 amide bonds. The minimum Gasteiger partial charge on any atom is -0.399 e. The lowest BCUT2D eigenvalue weighted by molar-refractivity contribution is 0.102. The summed E-state index contributed by atoms with van der Waals surface area (Å²) in [4.78, 5) is 17.2. The van der Waals surface area contributed by atoms with Crippen LogP contribution in [0.25, 0.3) is 0 Å². The van der Waals surface area contributed by atoms with Crippen LogP contribution < -0.4 is 11.1 Å². The summed E-state index contributed by atoms with van der Waals surface area (Å²) in [5, 5.41) is 3.38. The summed E-state index contributed by atoms with van der Waals surface area (Å²) in [5.41, 5.74) is 7.68. The van der Waals surface area contributed by atoms with Crippen LogP contribution in [0.15, 0.2) is 24.3 Å². The molecule has 0 unspecified atom stereocenters. The van der Waals surface area contributed by atoms with E-state index in [0.29, 0.717) is 16.4 Å². The van der Waals surface area contributed by atoms with Gasteiger partial charge in [0.15, 0.2) is 5.13 Å². The molecule has 88 valence electrons. The SMILES string of the molecule is Cc1nc(NC(=O)c2cccc(N)c2)sc1C. The number of hydrogen-bond acceptors (Lipinski definition) is 4. The minimum atomic E-state index is -0.189. The summed E-state index contributed by atoms with van der Waals surface area (Å²) in [6.45, 7) is 3.89. The van der Waals surface area contributed by atoms with Crippen molar-refractivity contribution in [3.8, 4) is 0 Å². The molecule has 0 fully saturated rings. The van der Waals surface area contributed by atoms with Gasteiger partial charge in [0.1, 0.15) is 0 Å². The van der Waals surface area contributed by atoms with Crippen LogP contribution in [0.3, 0.4) is 0 Å². The molecule has 0 aliphatic heterocycles. The van der Waals surface area contributed by atoms with Crippen molar-refractivity contribution in [3.05, 3.63) is 40.4 Å². The predicted octanol–water partition coefficient (Wildman–Crippen LogP) is 2.59. The van der Waals surface area contributed by atoms with E-state index in [2.05, 4.69) is 10.3 Å².